The zero-order chi connectivity index (χ0) is 12.7. The molecule has 1 aromatic heterocycles. The lowest BCUT2D eigenvalue weighted by Gasteiger charge is -2.07. The molecule has 1 aromatic carbocycles. The van der Waals surface area contributed by atoms with Crippen LogP contribution in [0.4, 0.5) is 5.82 Å². The van der Waals surface area contributed by atoms with Crippen LogP contribution >= 0.6 is 11.6 Å². The Hall–Kier alpha value is -1.68. The topological polar surface area (TPSA) is 53.1 Å². The number of hydrogen-bond donors (Lipinski definition) is 1. The van der Waals surface area contributed by atoms with E-state index in [1.54, 1.807) is 17.9 Å². The summed E-state index contributed by atoms with van der Waals surface area (Å²) in [6.45, 7) is 0. The number of aromatic nitrogens is 2. The van der Waals surface area contributed by atoms with Crippen molar-refractivity contribution in [1.29, 1.82) is 0 Å². The maximum atomic E-state index is 6.11. The first-order valence-corrected chi connectivity index (χ1v) is 6.26. The summed E-state index contributed by atoms with van der Waals surface area (Å²) in [4.78, 5) is 0. The molecule has 0 radical (unpaired) electrons. The molecule has 4 nitrogen and oxygen atoms in total. The van der Waals surface area contributed by atoms with E-state index < -0.39 is 0 Å². The van der Waals surface area contributed by atoms with Crippen LogP contribution in [-0.4, -0.2) is 16.9 Å². The van der Waals surface area contributed by atoms with Crippen LogP contribution in [0.2, 0.25) is 5.02 Å². The molecule has 0 atom stereocenters. The molecular formula is C13H14ClN3O. The van der Waals surface area contributed by atoms with E-state index in [1.165, 1.54) is 12.8 Å². The lowest BCUT2D eigenvalue weighted by atomic mass is 10.3. The van der Waals surface area contributed by atoms with Crippen LogP contribution in [-0.2, 0) is 0 Å². The second-order valence-electron chi connectivity index (χ2n) is 4.50. The van der Waals surface area contributed by atoms with Gasteiger partial charge in [-0.2, -0.15) is 5.10 Å². The molecule has 1 aliphatic rings. The maximum absolute atomic E-state index is 6.11. The third kappa shape index (κ3) is 1.93. The van der Waals surface area contributed by atoms with Gasteiger partial charge >= 0.3 is 0 Å². The van der Waals surface area contributed by atoms with Crippen molar-refractivity contribution in [2.45, 2.75) is 18.8 Å². The highest BCUT2D eigenvalue weighted by atomic mass is 35.5. The Morgan fingerprint density at radius 2 is 2.17 bits per heavy atom. The number of nitrogen functional groups attached to an aromatic ring is 1. The highest BCUT2D eigenvalue weighted by molar-refractivity contribution is 6.32. The second-order valence-corrected chi connectivity index (χ2v) is 4.91. The van der Waals surface area contributed by atoms with Gasteiger partial charge in [0.15, 0.2) is 0 Å². The molecule has 2 N–H and O–H groups in total. The first-order valence-electron chi connectivity index (χ1n) is 5.88. The molecule has 1 heterocycles. The minimum absolute atomic E-state index is 0.554. The van der Waals surface area contributed by atoms with Crippen molar-refractivity contribution in [2.24, 2.45) is 0 Å². The summed E-state index contributed by atoms with van der Waals surface area (Å²) >= 11 is 6.11. The predicted molar refractivity (Wildman–Crippen MR) is 71.5 cm³/mol. The monoisotopic (exact) mass is 263 g/mol. The van der Waals surface area contributed by atoms with Gasteiger partial charge in [-0.25, -0.2) is 4.68 Å². The van der Waals surface area contributed by atoms with Crippen molar-refractivity contribution in [3.8, 4) is 11.4 Å². The molecule has 0 unspecified atom stereocenters. The van der Waals surface area contributed by atoms with E-state index in [2.05, 4.69) is 5.10 Å². The summed E-state index contributed by atoms with van der Waals surface area (Å²) in [5.74, 6) is 1.87. The lowest BCUT2D eigenvalue weighted by molar-refractivity contribution is 0.415. The highest BCUT2D eigenvalue weighted by Crippen LogP contribution is 2.40. The number of benzene rings is 1. The Balaban J connectivity index is 2.00. The summed E-state index contributed by atoms with van der Waals surface area (Å²) in [6.07, 6.45) is 2.42. The van der Waals surface area contributed by atoms with E-state index in [0.29, 0.717) is 22.5 Å². The van der Waals surface area contributed by atoms with Gasteiger partial charge in [-0.05, 0) is 31.0 Å². The number of ether oxygens (including phenoxy) is 1. The molecule has 0 bridgehead atoms. The number of methoxy groups -OCH3 is 1. The minimum atomic E-state index is 0.554. The number of nitrogens with two attached hydrogens (primary N) is 1. The van der Waals surface area contributed by atoms with Crippen molar-refractivity contribution >= 4 is 17.4 Å². The van der Waals surface area contributed by atoms with Crippen molar-refractivity contribution < 1.29 is 4.74 Å². The quantitative estimate of drug-likeness (QED) is 0.926. The van der Waals surface area contributed by atoms with Crippen molar-refractivity contribution in [3.63, 3.8) is 0 Å². The number of halogens is 1. The van der Waals surface area contributed by atoms with E-state index in [4.69, 9.17) is 22.1 Å². The average Bonchev–Trinajstić information content (AvgIpc) is 3.13. The maximum Gasteiger partial charge on any atom is 0.137 e. The Bertz CT molecular complexity index is 590. The SMILES string of the molecule is COc1ccc(-n2nc(C3CC3)cc2N)cc1Cl. The van der Waals surface area contributed by atoms with Gasteiger partial charge in [0.2, 0.25) is 0 Å². The van der Waals surface area contributed by atoms with Crippen LogP contribution in [0.15, 0.2) is 24.3 Å². The van der Waals surface area contributed by atoms with E-state index >= 15 is 0 Å². The number of hydrogen-bond acceptors (Lipinski definition) is 3. The molecule has 0 amide bonds. The fourth-order valence-electron chi connectivity index (χ4n) is 1.99. The van der Waals surface area contributed by atoms with Crippen molar-refractivity contribution in [2.75, 3.05) is 12.8 Å². The Kier molecular flexibility index (Phi) is 2.67. The summed E-state index contributed by atoms with van der Waals surface area (Å²) in [5, 5.41) is 5.08. The molecule has 0 saturated heterocycles. The molecule has 1 aliphatic carbocycles. The van der Waals surface area contributed by atoms with E-state index in [9.17, 15) is 0 Å². The van der Waals surface area contributed by atoms with E-state index in [0.717, 1.165) is 11.4 Å². The first kappa shape index (κ1) is 11.4. The lowest BCUT2D eigenvalue weighted by Crippen LogP contribution is -2.02. The van der Waals surface area contributed by atoms with Gasteiger partial charge in [0.1, 0.15) is 11.6 Å². The van der Waals surface area contributed by atoms with Gasteiger partial charge in [0.25, 0.3) is 0 Å². The van der Waals surface area contributed by atoms with Gasteiger partial charge in [0, 0.05) is 12.0 Å². The third-order valence-corrected chi connectivity index (χ3v) is 3.43. The molecule has 94 valence electrons. The predicted octanol–water partition coefficient (Wildman–Crippen LogP) is 2.99. The molecule has 18 heavy (non-hydrogen) atoms. The molecule has 5 heteroatoms. The molecule has 0 aliphatic heterocycles. The molecule has 3 rings (SSSR count). The van der Waals surface area contributed by atoms with Gasteiger partial charge in [0.05, 0.1) is 23.5 Å². The first-order chi connectivity index (χ1) is 8.69. The summed E-state index contributed by atoms with van der Waals surface area (Å²) in [5.41, 5.74) is 7.91. The zero-order valence-corrected chi connectivity index (χ0v) is 10.8. The van der Waals surface area contributed by atoms with Crippen LogP contribution in [0.3, 0.4) is 0 Å². The van der Waals surface area contributed by atoms with Crippen LogP contribution in [0, 0.1) is 0 Å². The fourth-order valence-corrected chi connectivity index (χ4v) is 2.24. The van der Waals surface area contributed by atoms with Crippen molar-refractivity contribution in [1.82, 2.24) is 9.78 Å². The zero-order valence-electron chi connectivity index (χ0n) is 10.1. The van der Waals surface area contributed by atoms with E-state index in [1.807, 2.05) is 18.2 Å². The molecule has 0 spiro atoms. The molecule has 2 aromatic rings. The molecular weight excluding hydrogens is 250 g/mol. The largest absolute Gasteiger partial charge is 0.495 e. The van der Waals surface area contributed by atoms with Crippen LogP contribution < -0.4 is 10.5 Å². The third-order valence-electron chi connectivity index (χ3n) is 3.13. The summed E-state index contributed by atoms with van der Waals surface area (Å²) in [7, 11) is 1.59. The van der Waals surface area contributed by atoms with Crippen molar-refractivity contribution in [3.05, 3.63) is 35.0 Å². The van der Waals surface area contributed by atoms with Crippen LogP contribution in [0.25, 0.3) is 5.69 Å². The summed E-state index contributed by atoms with van der Waals surface area (Å²) < 4.78 is 6.85. The second kappa shape index (κ2) is 4.21. The molecule has 1 fully saturated rings. The van der Waals surface area contributed by atoms with Gasteiger partial charge in [-0.3, -0.25) is 0 Å². The average molecular weight is 264 g/mol. The standard InChI is InChI=1S/C13H14ClN3O/c1-18-12-5-4-9(6-10(12)14)17-13(15)7-11(16-17)8-2-3-8/h4-8H,2-3,15H2,1H3. The normalized spacial score (nSPS) is 14.8. The van der Waals surface area contributed by atoms with Gasteiger partial charge in [-0.1, -0.05) is 11.6 Å². The van der Waals surface area contributed by atoms with Gasteiger partial charge < -0.3 is 10.5 Å². The number of rotatable bonds is 3. The fraction of sp³-hybridized carbons (Fsp3) is 0.308. The summed E-state index contributed by atoms with van der Waals surface area (Å²) in [6, 6.07) is 7.45. The van der Waals surface area contributed by atoms with Gasteiger partial charge in [-0.15, -0.1) is 0 Å². The Morgan fingerprint density at radius 1 is 1.39 bits per heavy atom. The number of anilines is 1. The number of nitrogens with zero attached hydrogens (tertiary/aromatic N) is 2. The Labute approximate surface area is 110 Å². The highest BCUT2D eigenvalue weighted by Gasteiger charge is 2.27. The Morgan fingerprint density at radius 3 is 2.78 bits per heavy atom. The molecule has 1 saturated carbocycles. The van der Waals surface area contributed by atoms with Crippen LogP contribution in [0.1, 0.15) is 24.5 Å². The van der Waals surface area contributed by atoms with E-state index in [-0.39, 0.29) is 0 Å². The minimum Gasteiger partial charge on any atom is -0.495 e. The van der Waals surface area contributed by atoms with Crippen LogP contribution in [0.5, 0.6) is 5.75 Å². The smallest absolute Gasteiger partial charge is 0.137 e.